The van der Waals surface area contributed by atoms with Crippen molar-refractivity contribution >= 4 is 5.97 Å². The highest BCUT2D eigenvalue weighted by Crippen LogP contribution is 2.25. The van der Waals surface area contributed by atoms with Gasteiger partial charge in [-0.2, -0.15) is 0 Å². The SMILES string of the molecule is Cc1cc(C)c(OC(=O)CCc2c(C)noc2C)c(C)c1. The van der Waals surface area contributed by atoms with Crippen LogP contribution in [0.15, 0.2) is 16.7 Å². The van der Waals surface area contributed by atoms with E-state index in [9.17, 15) is 4.79 Å². The van der Waals surface area contributed by atoms with Crippen molar-refractivity contribution in [2.24, 2.45) is 0 Å². The highest BCUT2D eigenvalue weighted by Gasteiger charge is 2.14. The van der Waals surface area contributed by atoms with Crippen LogP contribution in [-0.2, 0) is 11.2 Å². The number of benzene rings is 1. The zero-order chi connectivity index (χ0) is 15.6. The highest BCUT2D eigenvalue weighted by molar-refractivity contribution is 5.73. The standard InChI is InChI=1S/C17H21NO3/c1-10-8-11(2)17(12(3)9-10)20-16(19)7-6-15-13(4)18-21-14(15)5/h8-9H,6-7H2,1-5H3. The van der Waals surface area contributed by atoms with Crippen LogP contribution in [0.2, 0.25) is 0 Å². The molecule has 1 aromatic heterocycles. The number of ether oxygens (including phenoxy) is 1. The monoisotopic (exact) mass is 287 g/mol. The summed E-state index contributed by atoms with van der Waals surface area (Å²) in [6, 6.07) is 4.04. The Labute approximate surface area is 125 Å². The maximum Gasteiger partial charge on any atom is 0.311 e. The molecule has 112 valence electrons. The fraction of sp³-hybridized carbons (Fsp3) is 0.412. The molecular formula is C17H21NO3. The lowest BCUT2D eigenvalue weighted by atomic mass is 10.1. The molecule has 0 saturated heterocycles. The molecule has 0 amide bonds. The van der Waals surface area contributed by atoms with Gasteiger partial charge in [0.15, 0.2) is 0 Å². The van der Waals surface area contributed by atoms with Crippen LogP contribution in [0, 0.1) is 34.6 Å². The number of rotatable bonds is 4. The van der Waals surface area contributed by atoms with Crippen LogP contribution in [0.5, 0.6) is 5.75 Å². The summed E-state index contributed by atoms with van der Waals surface area (Å²) >= 11 is 0. The Balaban J connectivity index is 2.03. The van der Waals surface area contributed by atoms with Gasteiger partial charge >= 0.3 is 5.97 Å². The van der Waals surface area contributed by atoms with Crippen LogP contribution in [-0.4, -0.2) is 11.1 Å². The van der Waals surface area contributed by atoms with Gasteiger partial charge in [0.05, 0.1) is 12.1 Å². The highest BCUT2D eigenvalue weighted by atomic mass is 16.5. The van der Waals surface area contributed by atoms with Crippen molar-refractivity contribution < 1.29 is 14.1 Å². The van der Waals surface area contributed by atoms with Crippen molar-refractivity contribution in [1.29, 1.82) is 0 Å². The predicted octanol–water partition coefficient (Wildman–Crippen LogP) is 3.75. The summed E-state index contributed by atoms with van der Waals surface area (Å²) in [6.45, 7) is 9.68. The summed E-state index contributed by atoms with van der Waals surface area (Å²) in [7, 11) is 0. The minimum atomic E-state index is -0.231. The number of hydrogen-bond donors (Lipinski definition) is 0. The molecule has 0 spiro atoms. The van der Waals surface area contributed by atoms with Crippen LogP contribution >= 0.6 is 0 Å². The molecule has 0 aliphatic carbocycles. The number of carbonyl (C=O) groups excluding carboxylic acids is 1. The molecule has 4 nitrogen and oxygen atoms in total. The second kappa shape index (κ2) is 6.12. The van der Waals surface area contributed by atoms with Crippen molar-refractivity contribution in [2.75, 3.05) is 0 Å². The van der Waals surface area contributed by atoms with Crippen molar-refractivity contribution in [3.05, 3.63) is 45.8 Å². The predicted molar refractivity (Wildman–Crippen MR) is 80.6 cm³/mol. The van der Waals surface area contributed by atoms with Gasteiger partial charge in [0.25, 0.3) is 0 Å². The molecule has 0 fully saturated rings. The second-order valence-electron chi connectivity index (χ2n) is 5.50. The lowest BCUT2D eigenvalue weighted by Gasteiger charge is -2.11. The average Bonchev–Trinajstić information content (AvgIpc) is 2.71. The smallest absolute Gasteiger partial charge is 0.311 e. The molecule has 0 bridgehead atoms. The first-order chi connectivity index (χ1) is 9.88. The van der Waals surface area contributed by atoms with Crippen LogP contribution in [0.1, 0.15) is 40.1 Å². The molecule has 0 N–H and O–H groups in total. The fourth-order valence-corrected chi connectivity index (χ4v) is 2.58. The number of esters is 1. The third-order valence-corrected chi connectivity index (χ3v) is 3.58. The van der Waals surface area contributed by atoms with Crippen molar-refractivity contribution in [2.45, 2.75) is 47.5 Å². The van der Waals surface area contributed by atoms with Gasteiger partial charge in [0.1, 0.15) is 11.5 Å². The van der Waals surface area contributed by atoms with Gasteiger partial charge in [-0.1, -0.05) is 22.9 Å². The zero-order valence-electron chi connectivity index (χ0n) is 13.2. The number of hydrogen-bond acceptors (Lipinski definition) is 4. The summed E-state index contributed by atoms with van der Waals surface area (Å²) < 4.78 is 10.6. The van der Waals surface area contributed by atoms with E-state index in [2.05, 4.69) is 5.16 Å². The van der Waals surface area contributed by atoms with Gasteiger partial charge in [0.2, 0.25) is 0 Å². The Morgan fingerprint density at radius 3 is 2.29 bits per heavy atom. The van der Waals surface area contributed by atoms with Crippen LogP contribution < -0.4 is 4.74 Å². The second-order valence-corrected chi connectivity index (χ2v) is 5.50. The third kappa shape index (κ3) is 3.51. The van der Waals surface area contributed by atoms with Gasteiger partial charge in [0, 0.05) is 5.56 Å². The fourth-order valence-electron chi connectivity index (χ4n) is 2.58. The lowest BCUT2D eigenvalue weighted by molar-refractivity contribution is -0.134. The van der Waals surface area contributed by atoms with Gasteiger partial charge in [-0.05, 0) is 52.2 Å². The van der Waals surface area contributed by atoms with E-state index in [0.717, 1.165) is 28.1 Å². The first-order valence-electron chi connectivity index (χ1n) is 7.08. The maximum atomic E-state index is 12.0. The third-order valence-electron chi connectivity index (χ3n) is 3.58. The average molecular weight is 287 g/mol. The van der Waals surface area contributed by atoms with Gasteiger partial charge in [-0.3, -0.25) is 4.79 Å². The molecule has 4 heteroatoms. The normalized spacial score (nSPS) is 10.7. The van der Waals surface area contributed by atoms with Gasteiger partial charge < -0.3 is 9.26 Å². The van der Waals surface area contributed by atoms with Crippen molar-refractivity contribution in [1.82, 2.24) is 5.16 Å². The van der Waals surface area contributed by atoms with Gasteiger partial charge in [-0.15, -0.1) is 0 Å². The topological polar surface area (TPSA) is 52.3 Å². The van der Waals surface area contributed by atoms with E-state index in [1.54, 1.807) is 0 Å². The molecule has 0 saturated carbocycles. The maximum absolute atomic E-state index is 12.0. The molecule has 1 heterocycles. The van der Waals surface area contributed by atoms with Crippen LogP contribution in [0.4, 0.5) is 0 Å². The molecule has 1 aromatic carbocycles. The molecule has 0 radical (unpaired) electrons. The number of nitrogens with zero attached hydrogens (tertiary/aromatic N) is 1. The molecule has 21 heavy (non-hydrogen) atoms. The zero-order valence-corrected chi connectivity index (χ0v) is 13.2. The summed E-state index contributed by atoms with van der Waals surface area (Å²) in [5, 5.41) is 3.89. The summed E-state index contributed by atoms with van der Waals surface area (Å²) in [4.78, 5) is 12.0. The quantitative estimate of drug-likeness (QED) is 0.634. The molecule has 0 atom stereocenters. The Morgan fingerprint density at radius 2 is 1.76 bits per heavy atom. The summed E-state index contributed by atoms with van der Waals surface area (Å²) in [6.07, 6.45) is 0.902. The molecule has 0 aliphatic heterocycles. The Morgan fingerprint density at radius 1 is 1.14 bits per heavy atom. The molecular weight excluding hydrogens is 266 g/mol. The Kier molecular flexibility index (Phi) is 4.46. The first kappa shape index (κ1) is 15.3. The number of aromatic nitrogens is 1. The van der Waals surface area contributed by atoms with Crippen molar-refractivity contribution in [3.63, 3.8) is 0 Å². The molecule has 2 rings (SSSR count). The van der Waals surface area contributed by atoms with E-state index < -0.39 is 0 Å². The number of aryl methyl sites for hydroxylation is 5. The van der Waals surface area contributed by atoms with E-state index in [4.69, 9.17) is 9.26 Å². The van der Waals surface area contributed by atoms with Crippen LogP contribution in [0.3, 0.4) is 0 Å². The Hall–Kier alpha value is -2.10. The van der Waals surface area contributed by atoms with Crippen molar-refractivity contribution in [3.8, 4) is 5.75 Å². The molecule has 2 aromatic rings. The van der Waals surface area contributed by atoms with E-state index in [0.29, 0.717) is 18.6 Å². The van der Waals surface area contributed by atoms with E-state index in [1.165, 1.54) is 5.56 Å². The van der Waals surface area contributed by atoms with E-state index >= 15 is 0 Å². The van der Waals surface area contributed by atoms with Gasteiger partial charge in [-0.25, -0.2) is 0 Å². The minimum absolute atomic E-state index is 0.231. The summed E-state index contributed by atoms with van der Waals surface area (Å²) in [5.41, 5.74) is 4.96. The van der Waals surface area contributed by atoms with Crippen LogP contribution in [0.25, 0.3) is 0 Å². The largest absolute Gasteiger partial charge is 0.426 e. The first-order valence-corrected chi connectivity index (χ1v) is 7.08. The molecule has 0 unspecified atom stereocenters. The van der Waals surface area contributed by atoms with E-state index in [-0.39, 0.29) is 5.97 Å². The Bertz CT molecular complexity index is 628. The summed E-state index contributed by atoms with van der Waals surface area (Å²) in [5.74, 6) is 1.21. The minimum Gasteiger partial charge on any atom is -0.426 e. The molecule has 0 aliphatic rings. The lowest BCUT2D eigenvalue weighted by Crippen LogP contribution is -2.11. The van der Waals surface area contributed by atoms with E-state index in [1.807, 2.05) is 46.8 Å². The number of carbonyl (C=O) groups is 1.